The first kappa shape index (κ1) is 12.4. The monoisotopic (exact) mass is 266 g/mol. The predicted octanol–water partition coefficient (Wildman–Crippen LogP) is 4.38. The largest absolute Gasteiger partial charge is 0.384 e. The number of rotatable bonds is 2. The Labute approximate surface area is 111 Å². The first-order valence-corrected chi connectivity index (χ1v) is 6.03. The van der Waals surface area contributed by atoms with Crippen LogP contribution in [-0.4, -0.2) is 5.11 Å². The summed E-state index contributed by atoms with van der Waals surface area (Å²) in [6, 6.07) is 12.8. The van der Waals surface area contributed by atoms with Crippen molar-refractivity contribution >= 4 is 23.2 Å². The van der Waals surface area contributed by atoms with Crippen molar-refractivity contribution in [1.82, 2.24) is 0 Å². The number of hydrogen-bond acceptors (Lipinski definition) is 1. The fraction of sp³-hybridized carbons (Fsp3) is 0.143. The Morgan fingerprint density at radius 3 is 2.35 bits per heavy atom. The lowest BCUT2D eigenvalue weighted by Crippen LogP contribution is -2.00. The minimum absolute atomic E-state index is 0.552. The van der Waals surface area contributed by atoms with Gasteiger partial charge in [0.1, 0.15) is 6.10 Å². The van der Waals surface area contributed by atoms with Crippen LogP contribution in [0.1, 0.15) is 22.8 Å². The molecule has 0 fully saturated rings. The summed E-state index contributed by atoms with van der Waals surface area (Å²) in [5.41, 5.74) is 2.42. The topological polar surface area (TPSA) is 20.2 Å². The highest BCUT2D eigenvalue weighted by Gasteiger charge is 2.14. The predicted molar refractivity (Wildman–Crippen MR) is 71.7 cm³/mol. The molecule has 1 atom stereocenters. The summed E-state index contributed by atoms with van der Waals surface area (Å²) in [5.74, 6) is 0. The third kappa shape index (κ3) is 2.63. The molecule has 0 saturated heterocycles. The molecule has 1 unspecified atom stereocenters. The van der Waals surface area contributed by atoms with Crippen LogP contribution in [0.2, 0.25) is 10.0 Å². The van der Waals surface area contributed by atoms with Gasteiger partial charge in [0.2, 0.25) is 0 Å². The normalized spacial score (nSPS) is 12.5. The van der Waals surface area contributed by atoms with Gasteiger partial charge in [0.15, 0.2) is 0 Å². The first-order chi connectivity index (χ1) is 8.09. The molecule has 3 heteroatoms. The lowest BCUT2D eigenvalue weighted by Gasteiger charge is -2.13. The molecule has 0 aliphatic carbocycles. The zero-order valence-corrected chi connectivity index (χ0v) is 10.8. The maximum Gasteiger partial charge on any atom is 0.106 e. The van der Waals surface area contributed by atoms with Crippen LogP contribution in [0.5, 0.6) is 0 Å². The van der Waals surface area contributed by atoms with E-state index in [1.807, 2.05) is 31.2 Å². The Hall–Kier alpha value is -1.02. The van der Waals surface area contributed by atoms with Gasteiger partial charge < -0.3 is 5.11 Å². The lowest BCUT2D eigenvalue weighted by molar-refractivity contribution is 0.220. The summed E-state index contributed by atoms with van der Waals surface area (Å²) in [6.45, 7) is 1.92. The van der Waals surface area contributed by atoms with Gasteiger partial charge in [0.25, 0.3) is 0 Å². The molecule has 17 heavy (non-hydrogen) atoms. The van der Waals surface area contributed by atoms with Crippen molar-refractivity contribution in [2.24, 2.45) is 0 Å². The molecule has 0 aromatic heterocycles. The average Bonchev–Trinajstić information content (AvgIpc) is 2.32. The molecule has 0 radical (unpaired) electrons. The molecule has 0 heterocycles. The van der Waals surface area contributed by atoms with Crippen LogP contribution in [0.25, 0.3) is 0 Å². The van der Waals surface area contributed by atoms with E-state index in [9.17, 15) is 5.11 Å². The average molecular weight is 267 g/mol. The van der Waals surface area contributed by atoms with Gasteiger partial charge in [0.05, 0.1) is 0 Å². The second-order valence-corrected chi connectivity index (χ2v) is 4.75. The van der Waals surface area contributed by atoms with Gasteiger partial charge in [0, 0.05) is 15.6 Å². The summed E-state index contributed by atoms with van der Waals surface area (Å²) in [5, 5.41) is 11.4. The van der Waals surface area contributed by atoms with Gasteiger partial charge in [-0.25, -0.2) is 0 Å². The molecular weight excluding hydrogens is 255 g/mol. The standard InChI is InChI=1S/C14H12Cl2O/c1-9-6-7-10(8-13(9)16)14(17)11-4-2-3-5-12(11)15/h2-8,14,17H,1H3. The van der Waals surface area contributed by atoms with Crippen LogP contribution in [0.15, 0.2) is 42.5 Å². The fourth-order valence-electron chi connectivity index (χ4n) is 1.66. The van der Waals surface area contributed by atoms with Crippen LogP contribution < -0.4 is 0 Å². The van der Waals surface area contributed by atoms with Gasteiger partial charge in [-0.15, -0.1) is 0 Å². The Morgan fingerprint density at radius 2 is 1.71 bits per heavy atom. The minimum atomic E-state index is -0.748. The number of aliphatic hydroxyl groups excluding tert-OH is 1. The van der Waals surface area contributed by atoms with E-state index in [0.29, 0.717) is 15.6 Å². The van der Waals surface area contributed by atoms with E-state index < -0.39 is 6.10 Å². The van der Waals surface area contributed by atoms with Crippen LogP contribution in [-0.2, 0) is 0 Å². The Bertz CT molecular complexity index is 537. The smallest absolute Gasteiger partial charge is 0.106 e. The third-order valence-corrected chi connectivity index (χ3v) is 3.46. The number of hydrogen-bond donors (Lipinski definition) is 1. The number of halogens is 2. The lowest BCUT2D eigenvalue weighted by atomic mass is 10.0. The molecule has 0 spiro atoms. The second-order valence-electron chi connectivity index (χ2n) is 3.93. The first-order valence-electron chi connectivity index (χ1n) is 5.28. The van der Waals surface area contributed by atoms with Crippen LogP contribution in [0.4, 0.5) is 0 Å². The van der Waals surface area contributed by atoms with Crippen molar-refractivity contribution in [1.29, 1.82) is 0 Å². The van der Waals surface area contributed by atoms with E-state index in [1.165, 1.54) is 0 Å². The van der Waals surface area contributed by atoms with Gasteiger partial charge in [-0.1, -0.05) is 53.5 Å². The van der Waals surface area contributed by atoms with Crippen molar-refractivity contribution in [3.8, 4) is 0 Å². The van der Waals surface area contributed by atoms with Crippen molar-refractivity contribution in [3.63, 3.8) is 0 Å². The number of aryl methyl sites for hydroxylation is 1. The van der Waals surface area contributed by atoms with E-state index >= 15 is 0 Å². The molecule has 0 saturated carbocycles. The minimum Gasteiger partial charge on any atom is -0.384 e. The zero-order valence-electron chi connectivity index (χ0n) is 9.32. The van der Waals surface area contributed by atoms with Crippen molar-refractivity contribution in [3.05, 3.63) is 69.2 Å². The summed E-state index contributed by atoms with van der Waals surface area (Å²) in [6.07, 6.45) is -0.748. The molecule has 88 valence electrons. The number of aliphatic hydroxyl groups is 1. The van der Waals surface area contributed by atoms with Gasteiger partial charge in [-0.3, -0.25) is 0 Å². The Morgan fingerprint density at radius 1 is 1.00 bits per heavy atom. The molecule has 1 N–H and O–H groups in total. The highest BCUT2D eigenvalue weighted by atomic mass is 35.5. The van der Waals surface area contributed by atoms with Crippen molar-refractivity contribution in [2.75, 3.05) is 0 Å². The van der Waals surface area contributed by atoms with Crippen LogP contribution in [0.3, 0.4) is 0 Å². The SMILES string of the molecule is Cc1ccc(C(O)c2ccccc2Cl)cc1Cl. The quantitative estimate of drug-likeness (QED) is 0.855. The molecule has 2 aromatic carbocycles. The fourth-order valence-corrected chi connectivity index (χ4v) is 2.08. The maximum atomic E-state index is 10.2. The summed E-state index contributed by atoms with van der Waals surface area (Å²) in [4.78, 5) is 0. The molecule has 0 aliphatic heterocycles. The van der Waals surface area contributed by atoms with Gasteiger partial charge in [-0.2, -0.15) is 0 Å². The highest BCUT2D eigenvalue weighted by molar-refractivity contribution is 6.31. The van der Waals surface area contributed by atoms with E-state index in [2.05, 4.69) is 0 Å². The van der Waals surface area contributed by atoms with Crippen molar-refractivity contribution in [2.45, 2.75) is 13.0 Å². The molecule has 0 aliphatic rings. The van der Waals surface area contributed by atoms with E-state index in [-0.39, 0.29) is 0 Å². The summed E-state index contributed by atoms with van der Waals surface area (Å²) < 4.78 is 0. The van der Waals surface area contributed by atoms with Gasteiger partial charge >= 0.3 is 0 Å². The Kier molecular flexibility index (Phi) is 3.72. The van der Waals surface area contributed by atoms with Crippen LogP contribution >= 0.6 is 23.2 Å². The molecule has 1 nitrogen and oxygen atoms in total. The van der Waals surface area contributed by atoms with E-state index in [0.717, 1.165) is 11.1 Å². The molecule has 2 aromatic rings. The Balaban J connectivity index is 2.40. The van der Waals surface area contributed by atoms with E-state index in [4.69, 9.17) is 23.2 Å². The highest BCUT2D eigenvalue weighted by Crippen LogP contribution is 2.30. The molecule has 0 amide bonds. The van der Waals surface area contributed by atoms with Crippen molar-refractivity contribution < 1.29 is 5.11 Å². The summed E-state index contributed by atoms with van der Waals surface area (Å²) in [7, 11) is 0. The molecule has 2 rings (SSSR count). The molecule has 0 bridgehead atoms. The van der Waals surface area contributed by atoms with Gasteiger partial charge in [-0.05, 0) is 30.2 Å². The zero-order chi connectivity index (χ0) is 12.4. The third-order valence-electron chi connectivity index (χ3n) is 2.71. The summed E-state index contributed by atoms with van der Waals surface area (Å²) >= 11 is 12.1. The van der Waals surface area contributed by atoms with Crippen LogP contribution in [0, 0.1) is 6.92 Å². The van der Waals surface area contributed by atoms with E-state index in [1.54, 1.807) is 18.2 Å². The molecular formula is C14H12Cl2O. The second kappa shape index (κ2) is 5.09. The number of benzene rings is 2. The maximum absolute atomic E-state index is 10.2.